The number of sulfonamides is 1. The van der Waals surface area contributed by atoms with Gasteiger partial charge in [0.25, 0.3) is 5.89 Å². The topological polar surface area (TPSA) is 126 Å². The van der Waals surface area contributed by atoms with Crippen LogP contribution in [0.25, 0.3) is 17.0 Å². The van der Waals surface area contributed by atoms with Gasteiger partial charge in [0.15, 0.2) is 0 Å². The molecule has 0 bridgehead atoms. The third kappa shape index (κ3) is 3.04. The molecular weight excluding hydrogens is 415 g/mol. The Morgan fingerprint density at radius 2 is 1.97 bits per heavy atom. The Kier molecular flexibility index (Phi) is 4.35. The molecule has 1 atom stereocenters. The largest absolute Gasteiger partial charge is 0.401 e. The van der Waals surface area contributed by atoms with Crippen molar-refractivity contribution < 1.29 is 26.0 Å². The van der Waals surface area contributed by atoms with E-state index in [2.05, 4.69) is 10.2 Å². The molecule has 1 fully saturated rings. The zero-order valence-corrected chi connectivity index (χ0v) is 15.9. The fourth-order valence-electron chi connectivity index (χ4n) is 3.44. The third-order valence-corrected chi connectivity index (χ3v) is 6.32. The molecule has 4 rings (SSSR count). The number of fused-ring (bicyclic) bond motifs is 1. The molecule has 3 aromatic rings. The molecule has 156 valence electrons. The summed E-state index contributed by atoms with van der Waals surface area (Å²) in [6, 6.07) is 2.52. The van der Waals surface area contributed by atoms with E-state index in [-0.39, 0.29) is 15.9 Å². The highest BCUT2D eigenvalue weighted by Gasteiger charge is 2.49. The van der Waals surface area contributed by atoms with Gasteiger partial charge < -0.3 is 4.42 Å². The lowest BCUT2D eigenvalue weighted by molar-refractivity contribution is 0.115. The van der Waals surface area contributed by atoms with Gasteiger partial charge in [-0.25, -0.2) is 22.9 Å². The summed E-state index contributed by atoms with van der Waals surface area (Å²) in [5.41, 5.74) is -1.20. The normalized spacial score (nSPS) is 17.2. The van der Waals surface area contributed by atoms with Gasteiger partial charge in [-0.3, -0.25) is 8.96 Å². The first-order valence-corrected chi connectivity index (χ1v) is 10.1. The van der Waals surface area contributed by atoms with E-state index in [4.69, 9.17) is 9.56 Å². The Morgan fingerprint density at radius 1 is 1.28 bits per heavy atom. The van der Waals surface area contributed by atoms with Crippen molar-refractivity contribution in [1.29, 1.82) is 0 Å². The second kappa shape index (κ2) is 6.42. The number of rotatable bonds is 6. The average Bonchev–Trinajstić information content (AvgIpc) is 3.21. The minimum absolute atomic E-state index is 0.00694. The lowest BCUT2D eigenvalue weighted by atomic mass is 9.99. The lowest BCUT2D eigenvalue weighted by Crippen LogP contribution is -2.31. The summed E-state index contributed by atoms with van der Waals surface area (Å²) < 4.78 is 69.8. The van der Waals surface area contributed by atoms with Crippen LogP contribution in [-0.4, -0.2) is 34.4 Å². The molecule has 2 N–H and O–H groups in total. The van der Waals surface area contributed by atoms with Crippen LogP contribution in [0.2, 0.25) is 0 Å². The molecular formula is C16H16F3N5O4S. The molecule has 13 heteroatoms. The Bertz CT molecular complexity index is 1260. The monoisotopic (exact) mass is 431 g/mol. The highest BCUT2D eigenvalue weighted by molar-refractivity contribution is 7.89. The Balaban J connectivity index is 2.02. The number of primary sulfonamides is 1. The molecule has 0 saturated heterocycles. The molecule has 1 aromatic carbocycles. The zero-order chi connectivity index (χ0) is 21.1. The number of halogens is 3. The molecule has 1 aliphatic carbocycles. The van der Waals surface area contributed by atoms with Crippen LogP contribution in [0.15, 0.2) is 32.3 Å². The van der Waals surface area contributed by atoms with Crippen LogP contribution in [0.1, 0.15) is 38.1 Å². The summed E-state index contributed by atoms with van der Waals surface area (Å²) >= 11 is 0. The molecule has 2 aromatic heterocycles. The van der Waals surface area contributed by atoms with Crippen molar-refractivity contribution in [1.82, 2.24) is 19.3 Å². The van der Waals surface area contributed by atoms with Gasteiger partial charge >= 0.3 is 18.1 Å². The third-order valence-electron chi connectivity index (χ3n) is 5.41. The predicted octanol–water partition coefficient (Wildman–Crippen LogP) is 2.07. The summed E-state index contributed by atoms with van der Waals surface area (Å²) in [4.78, 5) is 12.9. The summed E-state index contributed by atoms with van der Waals surface area (Å²) in [5.74, 6) is -0.995. The van der Waals surface area contributed by atoms with Gasteiger partial charge in [-0.2, -0.15) is 8.78 Å². The van der Waals surface area contributed by atoms with Crippen molar-refractivity contribution in [2.45, 2.75) is 37.1 Å². The molecule has 0 spiro atoms. The smallest absolute Gasteiger partial charge is 0.337 e. The Morgan fingerprint density at radius 3 is 2.48 bits per heavy atom. The van der Waals surface area contributed by atoms with Gasteiger partial charge in [0.1, 0.15) is 0 Å². The maximum atomic E-state index is 13.6. The van der Waals surface area contributed by atoms with Crippen molar-refractivity contribution in [3.63, 3.8) is 0 Å². The van der Waals surface area contributed by atoms with Crippen LogP contribution in [0.5, 0.6) is 0 Å². The van der Waals surface area contributed by atoms with Crippen molar-refractivity contribution in [2.75, 3.05) is 6.67 Å². The molecule has 0 amide bonds. The fraction of sp³-hybridized carbons (Fsp3) is 0.438. The van der Waals surface area contributed by atoms with E-state index in [0.29, 0.717) is 12.8 Å². The Hall–Kier alpha value is -2.67. The minimum Gasteiger partial charge on any atom is -0.401 e. The van der Waals surface area contributed by atoms with Crippen LogP contribution in [0.4, 0.5) is 13.2 Å². The van der Waals surface area contributed by atoms with Crippen LogP contribution < -0.4 is 10.8 Å². The first-order chi connectivity index (χ1) is 13.6. The van der Waals surface area contributed by atoms with E-state index < -0.39 is 52.2 Å². The van der Waals surface area contributed by atoms with E-state index in [1.54, 1.807) is 6.92 Å². The second-order valence-electron chi connectivity index (χ2n) is 7.08. The molecule has 2 heterocycles. The molecule has 0 radical (unpaired) electrons. The van der Waals surface area contributed by atoms with Crippen molar-refractivity contribution in [3.05, 3.63) is 34.6 Å². The van der Waals surface area contributed by atoms with E-state index >= 15 is 0 Å². The van der Waals surface area contributed by atoms with E-state index in [9.17, 15) is 26.4 Å². The van der Waals surface area contributed by atoms with E-state index in [1.807, 2.05) is 0 Å². The minimum atomic E-state index is -4.12. The van der Waals surface area contributed by atoms with Gasteiger partial charge in [0.05, 0.1) is 22.6 Å². The lowest BCUT2D eigenvalue weighted by Gasteiger charge is -2.21. The molecule has 29 heavy (non-hydrogen) atoms. The number of aromatic nitrogens is 4. The van der Waals surface area contributed by atoms with Crippen LogP contribution in [0.3, 0.4) is 0 Å². The van der Waals surface area contributed by atoms with Crippen molar-refractivity contribution >= 4 is 21.1 Å². The summed E-state index contributed by atoms with van der Waals surface area (Å²) in [7, 11) is -4.12. The summed E-state index contributed by atoms with van der Waals surface area (Å²) in [6.45, 7) is 1.03. The van der Waals surface area contributed by atoms with Crippen LogP contribution >= 0.6 is 0 Å². The molecule has 1 aliphatic rings. The quantitative estimate of drug-likeness (QED) is 0.637. The number of hydrogen-bond acceptors (Lipinski definition) is 6. The number of imidazole rings is 1. The van der Waals surface area contributed by atoms with Crippen LogP contribution in [0, 0.1) is 5.41 Å². The number of alkyl halides is 3. The molecule has 1 unspecified atom stereocenters. The number of hydrogen-bond donors (Lipinski definition) is 1. The molecule has 9 nitrogen and oxygen atoms in total. The summed E-state index contributed by atoms with van der Waals surface area (Å²) in [5, 5.41) is 11.8. The highest BCUT2D eigenvalue weighted by atomic mass is 32.2. The Labute approximate surface area is 162 Å². The number of benzene rings is 1. The van der Waals surface area contributed by atoms with Gasteiger partial charge in [-0.1, -0.05) is 5.10 Å². The first kappa shape index (κ1) is 19.6. The highest BCUT2D eigenvalue weighted by Crippen LogP contribution is 2.54. The van der Waals surface area contributed by atoms with Gasteiger partial charge in [0.2, 0.25) is 10.0 Å². The van der Waals surface area contributed by atoms with Crippen LogP contribution in [-0.2, 0) is 10.0 Å². The number of nitrogens with zero attached hydrogens (tertiary/aromatic N) is 4. The molecule has 1 saturated carbocycles. The second-order valence-corrected chi connectivity index (χ2v) is 8.64. The molecule has 0 aliphatic heterocycles. The summed E-state index contributed by atoms with van der Waals surface area (Å²) in [6.07, 6.45) is -1.90. The fourth-order valence-corrected chi connectivity index (χ4v) is 3.97. The van der Waals surface area contributed by atoms with Gasteiger partial charge in [-0.15, -0.1) is 5.10 Å². The van der Waals surface area contributed by atoms with Gasteiger partial charge in [0, 0.05) is 11.5 Å². The average molecular weight is 431 g/mol. The van der Waals surface area contributed by atoms with E-state index in [0.717, 1.165) is 10.6 Å². The predicted molar refractivity (Wildman–Crippen MR) is 94.1 cm³/mol. The van der Waals surface area contributed by atoms with Crippen molar-refractivity contribution in [2.24, 2.45) is 10.6 Å². The first-order valence-electron chi connectivity index (χ1n) is 8.57. The number of nitrogens with two attached hydrogens (primary N) is 1. The maximum Gasteiger partial charge on any atom is 0.337 e. The zero-order valence-electron chi connectivity index (χ0n) is 15.0. The van der Waals surface area contributed by atoms with Crippen molar-refractivity contribution in [3.8, 4) is 6.01 Å². The maximum absolute atomic E-state index is 13.6. The standard InChI is InChI=1S/C16H16F3N5O4S/c1-8(16(7-17)4-5-16)23-10-3-2-9(29(20,26)27)6-11(10)24(15(23)25)14-22-21-13(28-14)12(18)19/h2-3,6,8,12H,4-5,7H2,1H3,(H2,20,26,27). The SMILES string of the molecule is CC(n1c(=O)n(-c2nnc(C(F)F)o2)c2cc(S(N)(=O)=O)ccc21)C1(CF)CC1. The van der Waals surface area contributed by atoms with Gasteiger partial charge in [-0.05, 0) is 38.0 Å². The van der Waals surface area contributed by atoms with E-state index in [1.165, 1.54) is 16.7 Å².